The quantitative estimate of drug-likeness (QED) is 0.844. The summed E-state index contributed by atoms with van der Waals surface area (Å²) in [6.45, 7) is 1.75. The van der Waals surface area contributed by atoms with Gasteiger partial charge >= 0.3 is 5.97 Å². The Morgan fingerprint density at radius 1 is 1.50 bits per heavy atom. The Morgan fingerprint density at radius 2 is 2.15 bits per heavy atom. The van der Waals surface area contributed by atoms with E-state index in [2.05, 4.69) is 5.32 Å². The SMILES string of the molecule is CC(CN(C)CC(=O)Nc1ccc(Cl)cc1F)C(=O)O. The fourth-order valence-electron chi connectivity index (χ4n) is 1.64. The van der Waals surface area contributed by atoms with E-state index in [4.69, 9.17) is 16.7 Å². The van der Waals surface area contributed by atoms with Gasteiger partial charge in [0.25, 0.3) is 0 Å². The van der Waals surface area contributed by atoms with Gasteiger partial charge in [-0.3, -0.25) is 14.5 Å². The molecule has 1 aromatic rings. The Bertz CT molecular complexity index is 510. The number of nitrogens with one attached hydrogen (secondary N) is 1. The fourth-order valence-corrected chi connectivity index (χ4v) is 1.79. The number of carboxylic acid groups (broad SMARTS) is 1. The largest absolute Gasteiger partial charge is 0.481 e. The first-order chi connectivity index (χ1) is 9.29. The number of anilines is 1. The van der Waals surface area contributed by atoms with Gasteiger partial charge in [-0.2, -0.15) is 0 Å². The highest BCUT2D eigenvalue weighted by atomic mass is 35.5. The van der Waals surface area contributed by atoms with Crippen LogP contribution in [0.25, 0.3) is 0 Å². The van der Waals surface area contributed by atoms with Crippen molar-refractivity contribution < 1.29 is 19.1 Å². The molecule has 0 heterocycles. The summed E-state index contributed by atoms with van der Waals surface area (Å²) in [7, 11) is 1.62. The van der Waals surface area contributed by atoms with Crippen LogP contribution in [-0.4, -0.2) is 42.0 Å². The molecule has 0 aromatic heterocycles. The molecule has 1 unspecified atom stereocenters. The molecule has 0 aliphatic heterocycles. The van der Waals surface area contributed by atoms with E-state index < -0.39 is 23.6 Å². The summed E-state index contributed by atoms with van der Waals surface area (Å²) in [4.78, 5) is 24.0. The number of rotatable bonds is 6. The molecule has 1 aromatic carbocycles. The maximum atomic E-state index is 13.5. The lowest BCUT2D eigenvalue weighted by atomic mass is 10.2. The summed E-state index contributed by atoms with van der Waals surface area (Å²) in [6.07, 6.45) is 0. The van der Waals surface area contributed by atoms with Gasteiger partial charge in [-0.1, -0.05) is 18.5 Å². The van der Waals surface area contributed by atoms with Crippen molar-refractivity contribution in [3.05, 3.63) is 29.0 Å². The first-order valence-corrected chi connectivity index (χ1v) is 6.33. The minimum atomic E-state index is -0.930. The van der Waals surface area contributed by atoms with Crippen LogP contribution < -0.4 is 5.32 Å². The van der Waals surface area contributed by atoms with Crippen molar-refractivity contribution in [1.82, 2.24) is 4.90 Å². The van der Waals surface area contributed by atoms with E-state index >= 15 is 0 Å². The third-order valence-corrected chi connectivity index (χ3v) is 2.86. The third kappa shape index (κ3) is 5.14. The van der Waals surface area contributed by atoms with E-state index in [-0.39, 0.29) is 23.8 Å². The lowest BCUT2D eigenvalue weighted by Crippen LogP contribution is -2.35. The maximum absolute atomic E-state index is 13.5. The van der Waals surface area contributed by atoms with Crippen LogP contribution in [0.5, 0.6) is 0 Å². The number of carbonyl (C=O) groups excluding carboxylic acids is 1. The third-order valence-electron chi connectivity index (χ3n) is 2.63. The van der Waals surface area contributed by atoms with E-state index in [0.29, 0.717) is 0 Å². The molecule has 0 aliphatic carbocycles. The minimum Gasteiger partial charge on any atom is -0.481 e. The predicted octanol–water partition coefficient (Wildman–Crippen LogP) is 2.07. The molecule has 20 heavy (non-hydrogen) atoms. The number of halogens is 2. The Balaban J connectivity index is 2.53. The van der Waals surface area contributed by atoms with E-state index in [9.17, 15) is 14.0 Å². The summed E-state index contributed by atoms with van der Waals surface area (Å²) < 4.78 is 13.5. The molecule has 0 saturated carbocycles. The first-order valence-electron chi connectivity index (χ1n) is 5.96. The highest BCUT2D eigenvalue weighted by Crippen LogP contribution is 2.18. The number of hydrogen-bond acceptors (Lipinski definition) is 3. The normalized spacial score (nSPS) is 12.2. The van der Waals surface area contributed by atoms with Crippen molar-refractivity contribution in [1.29, 1.82) is 0 Å². The van der Waals surface area contributed by atoms with Gasteiger partial charge in [0.1, 0.15) is 5.82 Å². The Labute approximate surface area is 121 Å². The van der Waals surface area contributed by atoms with Gasteiger partial charge in [0.05, 0.1) is 18.2 Å². The second-order valence-corrected chi connectivity index (χ2v) is 5.04. The molecule has 0 saturated heterocycles. The second kappa shape index (κ2) is 7.21. The van der Waals surface area contributed by atoms with Gasteiger partial charge in [0.15, 0.2) is 0 Å². The topological polar surface area (TPSA) is 69.6 Å². The Morgan fingerprint density at radius 3 is 2.70 bits per heavy atom. The molecular weight excluding hydrogens is 287 g/mol. The smallest absolute Gasteiger partial charge is 0.307 e. The molecule has 0 bridgehead atoms. The lowest BCUT2D eigenvalue weighted by Gasteiger charge is -2.18. The molecule has 1 rings (SSSR count). The van der Waals surface area contributed by atoms with Gasteiger partial charge in [-0.05, 0) is 25.2 Å². The maximum Gasteiger partial charge on any atom is 0.307 e. The highest BCUT2D eigenvalue weighted by molar-refractivity contribution is 6.30. The molecule has 2 N–H and O–H groups in total. The standard InChI is InChI=1S/C13H16ClFN2O3/c1-8(13(19)20)6-17(2)7-12(18)16-11-4-3-9(14)5-10(11)15/h3-5,8H,6-7H2,1-2H3,(H,16,18)(H,19,20). The summed E-state index contributed by atoms with van der Waals surface area (Å²) in [5.41, 5.74) is 0.0408. The zero-order valence-corrected chi connectivity index (χ0v) is 11.9. The first kappa shape index (κ1) is 16.4. The van der Waals surface area contributed by atoms with Crippen LogP contribution in [0.1, 0.15) is 6.92 Å². The number of carboxylic acids is 1. The zero-order valence-electron chi connectivity index (χ0n) is 11.2. The van der Waals surface area contributed by atoms with Gasteiger partial charge < -0.3 is 10.4 Å². The van der Waals surface area contributed by atoms with E-state index in [0.717, 1.165) is 6.07 Å². The molecule has 0 radical (unpaired) electrons. The van der Waals surface area contributed by atoms with Crippen LogP contribution in [0.15, 0.2) is 18.2 Å². The van der Waals surface area contributed by atoms with E-state index in [1.165, 1.54) is 12.1 Å². The van der Waals surface area contributed by atoms with Crippen LogP contribution in [0, 0.1) is 11.7 Å². The van der Waals surface area contributed by atoms with Crippen molar-refractivity contribution in [2.24, 2.45) is 5.92 Å². The Hall–Kier alpha value is -1.66. The average Bonchev–Trinajstić information content (AvgIpc) is 2.32. The predicted molar refractivity (Wildman–Crippen MR) is 74.3 cm³/mol. The molecule has 0 spiro atoms. The number of aliphatic carboxylic acids is 1. The van der Waals surface area contributed by atoms with Gasteiger partial charge in [0.2, 0.25) is 5.91 Å². The number of amides is 1. The minimum absolute atomic E-state index is 0.0281. The Kier molecular flexibility index (Phi) is 5.91. The average molecular weight is 303 g/mol. The molecule has 5 nitrogen and oxygen atoms in total. The number of nitrogens with zero attached hydrogens (tertiary/aromatic N) is 1. The molecule has 1 atom stereocenters. The molecule has 110 valence electrons. The number of hydrogen-bond donors (Lipinski definition) is 2. The van der Waals surface area contributed by atoms with E-state index in [1.54, 1.807) is 18.9 Å². The molecule has 1 amide bonds. The second-order valence-electron chi connectivity index (χ2n) is 4.61. The monoisotopic (exact) mass is 302 g/mol. The molecule has 0 fully saturated rings. The number of likely N-dealkylation sites (N-methyl/N-ethyl adjacent to an activating group) is 1. The van der Waals surface area contributed by atoms with Crippen molar-refractivity contribution in [3.8, 4) is 0 Å². The van der Waals surface area contributed by atoms with Crippen molar-refractivity contribution in [3.63, 3.8) is 0 Å². The summed E-state index contributed by atoms with van der Waals surface area (Å²) in [5, 5.41) is 11.4. The van der Waals surface area contributed by atoms with Crippen LogP contribution in [-0.2, 0) is 9.59 Å². The van der Waals surface area contributed by atoms with Crippen molar-refractivity contribution >= 4 is 29.2 Å². The number of benzene rings is 1. The van der Waals surface area contributed by atoms with Crippen molar-refractivity contribution in [2.75, 3.05) is 25.5 Å². The fraction of sp³-hybridized carbons (Fsp3) is 0.385. The molecular formula is C13H16ClFN2O3. The van der Waals surface area contributed by atoms with Crippen molar-refractivity contribution in [2.45, 2.75) is 6.92 Å². The highest BCUT2D eigenvalue weighted by Gasteiger charge is 2.16. The van der Waals surface area contributed by atoms with Gasteiger partial charge in [-0.15, -0.1) is 0 Å². The molecule has 7 heteroatoms. The molecule has 0 aliphatic rings. The summed E-state index contributed by atoms with van der Waals surface area (Å²) in [6, 6.07) is 3.94. The van der Waals surface area contributed by atoms with Gasteiger partial charge in [-0.25, -0.2) is 4.39 Å². The van der Waals surface area contributed by atoms with Crippen LogP contribution in [0.3, 0.4) is 0 Å². The van der Waals surface area contributed by atoms with Crippen LogP contribution >= 0.6 is 11.6 Å². The van der Waals surface area contributed by atoms with Crippen LogP contribution in [0.4, 0.5) is 10.1 Å². The number of carbonyl (C=O) groups is 2. The summed E-state index contributed by atoms with van der Waals surface area (Å²) >= 11 is 5.61. The summed E-state index contributed by atoms with van der Waals surface area (Å²) in [5.74, 6) is -2.56. The van der Waals surface area contributed by atoms with Crippen LogP contribution in [0.2, 0.25) is 5.02 Å². The van der Waals surface area contributed by atoms with E-state index in [1.807, 2.05) is 0 Å². The zero-order chi connectivity index (χ0) is 15.3. The lowest BCUT2D eigenvalue weighted by molar-refractivity contribution is -0.141. The van der Waals surface area contributed by atoms with Gasteiger partial charge in [0, 0.05) is 11.6 Å².